The third-order valence-corrected chi connectivity index (χ3v) is 2.02. The number of nitrogens with zero attached hydrogens (tertiary/aromatic N) is 4. The van der Waals surface area contributed by atoms with Crippen molar-refractivity contribution in [3.05, 3.63) is 24.2 Å². The van der Waals surface area contributed by atoms with Crippen LogP contribution in [0.3, 0.4) is 0 Å². The number of isocyanates is 1. The Morgan fingerprint density at radius 3 is 2.93 bits per heavy atom. The van der Waals surface area contributed by atoms with Crippen molar-refractivity contribution in [3.8, 4) is 0 Å². The van der Waals surface area contributed by atoms with Gasteiger partial charge in [-0.3, -0.25) is 0 Å². The smallest absolute Gasteiger partial charge is 0.219 e. The zero-order chi connectivity index (χ0) is 10.8. The van der Waals surface area contributed by atoms with Crippen LogP contribution >= 0.6 is 0 Å². The van der Waals surface area contributed by atoms with E-state index in [0.717, 1.165) is 11.5 Å². The van der Waals surface area contributed by atoms with E-state index in [4.69, 9.17) is 0 Å². The molecule has 0 bridgehead atoms. The first-order valence-corrected chi connectivity index (χ1v) is 4.65. The molecule has 0 atom stereocenters. The van der Waals surface area contributed by atoms with Crippen LogP contribution in [0.5, 0.6) is 0 Å². The van der Waals surface area contributed by atoms with Gasteiger partial charge in [-0.05, 0) is 12.1 Å². The fourth-order valence-electron chi connectivity index (χ4n) is 1.25. The second-order valence-electron chi connectivity index (χ2n) is 3.52. The highest BCUT2D eigenvalue weighted by molar-refractivity contribution is 5.51. The maximum atomic E-state index is 10.1. The van der Waals surface area contributed by atoms with Gasteiger partial charge in [0.2, 0.25) is 6.08 Å². The van der Waals surface area contributed by atoms with Gasteiger partial charge in [-0.25, -0.2) is 14.3 Å². The molecule has 0 unspecified atom stereocenters. The van der Waals surface area contributed by atoms with Crippen molar-refractivity contribution in [1.82, 2.24) is 14.6 Å². The summed E-state index contributed by atoms with van der Waals surface area (Å²) in [6.45, 7) is 4.05. The van der Waals surface area contributed by atoms with Gasteiger partial charge in [0, 0.05) is 5.92 Å². The van der Waals surface area contributed by atoms with Crippen molar-refractivity contribution < 1.29 is 4.79 Å². The molecule has 0 saturated heterocycles. The summed E-state index contributed by atoms with van der Waals surface area (Å²) in [5, 5.41) is 4.27. The van der Waals surface area contributed by atoms with Gasteiger partial charge in [-0.15, -0.1) is 0 Å². The summed E-state index contributed by atoms with van der Waals surface area (Å²) in [6.07, 6.45) is 3.14. The first-order valence-electron chi connectivity index (χ1n) is 4.65. The van der Waals surface area contributed by atoms with Crippen LogP contribution in [0.4, 0.5) is 5.69 Å². The quantitative estimate of drug-likeness (QED) is 0.551. The molecule has 0 fully saturated rings. The summed E-state index contributed by atoms with van der Waals surface area (Å²) in [7, 11) is 0. The average Bonchev–Trinajstić information content (AvgIpc) is 2.61. The van der Waals surface area contributed by atoms with Crippen LogP contribution in [0.25, 0.3) is 5.65 Å². The number of hydrogen-bond acceptors (Lipinski definition) is 4. The fraction of sp³-hybridized carbons (Fsp3) is 0.300. The highest BCUT2D eigenvalue weighted by Crippen LogP contribution is 2.15. The van der Waals surface area contributed by atoms with Crippen LogP contribution < -0.4 is 0 Å². The highest BCUT2D eigenvalue weighted by atomic mass is 16.1. The van der Waals surface area contributed by atoms with Gasteiger partial charge in [0.1, 0.15) is 0 Å². The Morgan fingerprint density at radius 2 is 2.27 bits per heavy atom. The van der Waals surface area contributed by atoms with Crippen LogP contribution in [-0.2, 0) is 4.79 Å². The lowest BCUT2D eigenvalue weighted by atomic mass is 10.2. The lowest BCUT2D eigenvalue weighted by molar-refractivity contribution is 0.565. The Balaban J connectivity index is 2.56. The van der Waals surface area contributed by atoms with Crippen molar-refractivity contribution in [2.75, 3.05) is 0 Å². The number of fused-ring (bicyclic) bond motifs is 1. The van der Waals surface area contributed by atoms with Crippen molar-refractivity contribution in [1.29, 1.82) is 0 Å². The minimum absolute atomic E-state index is 0.280. The Kier molecular flexibility index (Phi) is 2.31. The maximum Gasteiger partial charge on any atom is 0.240 e. The van der Waals surface area contributed by atoms with Gasteiger partial charge in [0.15, 0.2) is 11.5 Å². The van der Waals surface area contributed by atoms with Gasteiger partial charge in [0.05, 0.1) is 11.9 Å². The summed E-state index contributed by atoms with van der Waals surface area (Å²) in [5.74, 6) is 1.06. The van der Waals surface area contributed by atoms with Crippen molar-refractivity contribution in [2.45, 2.75) is 19.8 Å². The minimum atomic E-state index is 0.280. The first-order chi connectivity index (χ1) is 7.20. The molecule has 15 heavy (non-hydrogen) atoms. The molecule has 2 aromatic rings. The molecule has 0 spiro atoms. The van der Waals surface area contributed by atoms with E-state index >= 15 is 0 Å². The lowest BCUT2D eigenvalue weighted by Crippen LogP contribution is -1.91. The average molecular weight is 202 g/mol. The summed E-state index contributed by atoms with van der Waals surface area (Å²) < 4.78 is 1.62. The Bertz CT molecular complexity index is 537. The molecule has 0 aliphatic carbocycles. The second kappa shape index (κ2) is 3.63. The molecular weight excluding hydrogens is 192 g/mol. The van der Waals surface area contributed by atoms with E-state index in [2.05, 4.69) is 15.1 Å². The first kappa shape index (κ1) is 9.55. The predicted octanol–water partition coefficient (Wildman–Crippen LogP) is 1.82. The number of aromatic nitrogens is 3. The van der Waals surface area contributed by atoms with Gasteiger partial charge >= 0.3 is 0 Å². The van der Waals surface area contributed by atoms with E-state index in [-0.39, 0.29) is 5.92 Å². The van der Waals surface area contributed by atoms with Crippen molar-refractivity contribution in [2.24, 2.45) is 4.99 Å². The van der Waals surface area contributed by atoms with Crippen molar-refractivity contribution >= 4 is 17.4 Å². The topological polar surface area (TPSA) is 59.6 Å². The molecule has 76 valence electrons. The molecule has 5 nitrogen and oxygen atoms in total. The van der Waals surface area contributed by atoms with E-state index in [1.807, 2.05) is 13.8 Å². The van der Waals surface area contributed by atoms with E-state index in [0.29, 0.717) is 5.69 Å². The van der Waals surface area contributed by atoms with E-state index in [9.17, 15) is 4.79 Å². The number of carbonyl (C=O) groups excluding carboxylic acids is 1. The largest absolute Gasteiger partial charge is 0.240 e. The molecule has 0 aliphatic rings. The molecule has 0 N–H and O–H groups in total. The Hall–Kier alpha value is -2.00. The highest BCUT2D eigenvalue weighted by Gasteiger charge is 2.07. The summed E-state index contributed by atoms with van der Waals surface area (Å²) in [4.78, 5) is 17.9. The molecule has 0 amide bonds. The van der Waals surface area contributed by atoms with Gasteiger partial charge < -0.3 is 0 Å². The SMILES string of the molecule is CC(C)c1nc2ccc(N=C=O)cn2n1. The van der Waals surface area contributed by atoms with E-state index in [1.54, 1.807) is 22.8 Å². The molecule has 0 aliphatic heterocycles. The third kappa shape index (κ3) is 1.78. The van der Waals surface area contributed by atoms with E-state index < -0.39 is 0 Å². The maximum absolute atomic E-state index is 10.1. The Morgan fingerprint density at radius 1 is 1.47 bits per heavy atom. The number of aliphatic imine (C=N–C) groups is 1. The van der Waals surface area contributed by atoms with Gasteiger partial charge in [0.25, 0.3) is 0 Å². The summed E-state index contributed by atoms with van der Waals surface area (Å²) in [6, 6.07) is 3.48. The van der Waals surface area contributed by atoms with Crippen LogP contribution in [0.1, 0.15) is 25.6 Å². The normalized spacial score (nSPS) is 10.6. The fourth-order valence-corrected chi connectivity index (χ4v) is 1.25. The molecule has 0 saturated carbocycles. The molecule has 0 radical (unpaired) electrons. The second-order valence-corrected chi connectivity index (χ2v) is 3.52. The van der Waals surface area contributed by atoms with E-state index in [1.165, 1.54) is 6.08 Å². The molecule has 2 heterocycles. The molecule has 2 aromatic heterocycles. The van der Waals surface area contributed by atoms with Crippen LogP contribution in [0.15, 0.2) is 23.3 Å². The van der Waals surface area contributed by atoms with Gasteiger partial charge in [-0.2, -0.15) is 10.1 Å². The molecule has 2 rings (SSSR count). The van der Waals surface area contributed by atoms with Crippen LogP contribution in [0, 0.1) is 0 Å². The minimum Gasteiger partial charge on any atom is -0.219 e. The number of rotatable bonds is 2. The summed E-state index contributed by atoms with van der Waals surface area (Å²) in [5.41, 5.74) is 1.28. The monoisotopic (exact) mass is 202 g/mol. The summed E-state index contributed by atoms with van der Waals surface area (Å²) >= 11 is 0. The van der Waals surface area contributed by atoms with Crippen molar-refractivity contribution in [3.63, 3.8) is 0 Å². The zero-order valence-electron chi connectivity index (χ0n) is 8.51. The van der Waals surface area contributed by atoms with Crippen LogP contribution in [-0.4, -0.2) is 20.7 Å². The van der Waals surface area contributed by atoms with Gasteiger partial charge in [-0.1, -0.05) is 13.8 Å². The molecular formula is C10H10N4O. The molecule has 0 aromatic carbocycles. The zero-order valence-corrected chi connectivity index (χ0v) is 8.51. The Labute approximate surface area is 86.5 Å². The lowest BCUT2D eigenvalue weighted by Gasteiger charge is -1.93. The number of pyridine rings is 1. The standard InChI is InChI=1S/C10H10N4O/c1-7(2)10-12-9-4-3-8(11-6-15)5-14(9)13-10/h3-5,7H,1-2H3. The van der Waals surface area contributed by atoms with Crippen LogP contribution in [0.2, 0.25) is 0 Å². The predicted molar refractivity (Wildman–Crippen MR) is 54.9 cm³/mol. The third-order valence-electron chi connectivity index (χ3n) is 2.02. The number of hydrogen-bond donors (Lipinski definition) is 0. The molecule has 5 heteroatoms.